The minimum Gasteiger partial charge on any atom is -0.395 e. The molecule has 0 spiro atoms. The molecule has 0 radical (unpaired) electrons. The van der Waals surface area contributed by atoms with E-state index < -0.39 is 4.92 Å². The predicted octanol–water partition coefficient (Wildman–Crippen LogP) is 1.07. The minimum atomic E-state index is -0.418. The molecule has 0 aromatic heterocycles. The fourth-order valence-corrected chi connectivity index (χ4v) is 1.14. The topological polar surface area (TPSA) is 75.4 Å². The van der Waals surface area contributed by atoms with Gasteiger partial charge in [-0.05, 0) is 12.5 Å². The van der Waals surface area contributed by atoms with Crippen LogP contribution < -0.4 is 5.32 Å². The molecule has 0 amide bonds. The molecule has 0 saturated heterocycles. The van der Waals surface area contributed by atoms with E-state index in [0.717, 1.165) is 5.56 Å². The van der Waals surface area contributed by atoms with Crippen molar-refractivity contribution in [1.82, 2.24) is 5.32 Å². The van der Waals surface area contributed by atoms with Gasteiger partial charge in [-0.3, -0.25) is 10.1 Å². The molecule has 0 fully saturated rings. The van der Waals surface area contributed by atoms with Crippen LogP contribution in [0.5, 0.6) is 0 Å². The summed E-state index contributed by atoms with van der Waals surface area (Å²) in [6.45, 7) is 2.41. The van der Waals surface area contributed by atoms with Crippen LogP contribution in [0.3, 0.4) is 0 Å². The second-order valence-electron chi connectivity index (χ2n) is 3.39. The molecule has 0 aliphatic rings. The van der Waals surface area contributed by atoms with Crippen molar-refractivity contribution in [2.24, 2.45) is 0 Å². The van der Waals surface area contributed by atoms with Gasteiger partial charge in [0.25, 0.3) is 5.69 Å². The number of hydrogen-bond acceptors (Lipinski definition) is 4. The monoisotopic (exact) mass is 210 g/mol. The van der Waals surface area contributed by atoms with Crippen molar-refractivity contribution in [2.45, 2.75) is 19.5 Å². The van der Waals surface area contributed by atoms with Crippen LogP contribution in [-0.2, 0) is 6.54 Å². The van der Waals surface area contributed by atoms with E-state index in [0.29, 0.717) is 6.54 Å². The molecular formula is C10H14N2O3. The van der Waals surface area contributed by atoms with Gasteiger partial charge in [-0.25, -0.2) is 0 Å². The molecule has 1 rings (SSSR count). The van der Waals surface area contributed by atoms with Crippen molar-refractivity contribution in [3.8, 4) is 0 Å². The summed E-state index contributed by atoms with van der Waals surface area (Å²) in [4.78, 5) is 10.1. The molecule has 0 heterocycles. The van der Waals surface area contributed by atoms with E-state index in [1.165, 1.54) is 12.1 Å². The Morgan fingerprint density at radius 3 is 2.93 bits per heavy atom. The smallest absolute Gasteiger partial charge is 0.269 e. The number of aliphatic hydroxyl groups is 1. The lowest BCUT2D eigenvalue weighted by molar-refractivity contribution is -0.384. The van der Waals surface area contributed by atoms with E-state index in [1.54, 1.807) is 6.07 Å². The highest BCUT2D eigenvalue weighted by Crippen LogP contribution is 2.12. The zero-order valence-corrected chi connectivity index (χ0v) is 8.51. The number of nitrogens with one attached hydrogen (secondary N) is 1. The third kappa shape index (κ3) is 3.65. The quantitative estimate of drug-likeness (QED) is 0.563. The maximum Gasteiger partial charge on any atom is 0.269 e. The van der Waals surface area contributed by atoms with Crippen LogP contribution in [0, 0.1) is 10.1 Å². The van der Waals surface area contributed by atoms with Crippen molar-refractivity contribution < 1.29 is 10.0 Å². The molecule has 0 aliphatic carbocycles. The third-order valence-electron chi connectivity index (χ3n) is 2.05. The first kappa shape index (κ1) is 11.6. The highest BCUT2D eigenvalue weighted by atomic mass is 16.6. The fraction of sp³-hybridized carbons (Fsp3) is 0.400. The Morgan fingerprint density at radius 1 is 1.60 bits per heavy atom. The molecule has 0 bridgehead atoms. The second kappa shape index (κ2) is 5.43. The van der Waals surface area contributed by atoms with E-state index in [1.807, 2.05) is 13.0 Å². The molecule has 0 saturated carbocycles. The lowest BCUT2D eigenvalue weighted by Gasteiger charge is -2.09. The Hall–Kier alpha value is -1.46. The average molecular weight is 210 g/mol. The fourth-order valence-electron chi connectivity index (χ4n) is 1.14. The molecule has 5 heteroatoms. The second-order valence-corrected chi connectivity index (χ2v) is 3.39. The summed E-state index contributed by atoms with van der Waals surface area (Å²) < 4.78 is 0. The standard InChI is InChI=1S/C10H14N2O3/c1-8(7-13)11-6-9-3-2-4-10(5-9)12(14)15/h2-5,8,11,13H,6-7H2,1H3/t8-/m1/s1. The van der Waals surface area contributed by atoms with Crippen molar-refractivity contribution in [1.29, 1.82) is 0 Å². The number of non-ortho nitro benzene ring substituents is 1. The van der Waals surface area contributed by atoms with Gasteiger partial charge in [-0.1, -0.05) is 12.1 Å². The van der Waals surface area contributed by atoms with Gasteiger partial charge in [0.15, 0.2) is 0 Å². The lowest BCUT2D eigenvalue weighted by atomic mass is 10.2. The van der Waals surface area contributed by atoms with Gasteiger partial charge in [0, 0.05) is 24.7 Å². The largest absolute Gasteiger partial charge is 0.395 e. The first-order valence-electron chi connectivity index (χ1n) is 4.71. The van der Waals surface area contributed by atoms with E-state index in [2.05, 4.69) is 5.32 Å². The van der Waals surface area contributed by atoms with Crippen LogP contribution in [0.1, 0.15) is 12.5 Å². The van der Waals surface area contributed by atoms with E-state index >= 15 is 0 Å². The normalized spacial score (nSPS) is 12.4. The highest BCUT2D eigenvalue weighted by Gasteiger charge is 2.06. The zero-order chi connectivity index (χ0) is 11.3. The molecule has 1 aromatic carbocycles. The van der Waals surface area contributed by atoms with Crippen LogP contribution in [0.2, 0.25) is 0 Å². The Morgan fingerprint density at radius 2 is 2.33 bits per heavy atom. The van der Waals surface area contributed by atoms with Crippen LogP contribution in [-0.4, -0.2) is 22.7 Å². The first-order chi connectivity index (χ1) is 7.13. The SMILES string of the molecule is C[C@H](CO)NCc1cccc([N+](=O)[O-])c1. The molecule has 5 nitrogen and oxygen atoms in total. The lowest BCUT2D eigenvalue weighted by Crippen LogP contribution is -2.28. The summed E-state index contributed by atoms with van der Waals surface area (Å²) in [5.74, 6) is 0. The Labute approximate surface area is 87.9 Å². The number of benzene rings is 1. The Balaban J connectivity index is 2.62. The number of rotatable bonds is 5. The number of nitro benzene ring substituents is 1. The summed E-state index contributed by atoms with van der Waals surface area (Å²) in [6, 6.07) is 6.43. The van der Waals surface area contributed by atoms with Crippen LogP contribution in [0.15, 0.2) is 24.3 Å². The molecule has 15 heavy (non-hydrogen) atoms. The van der Waals surface area contributed by atoms with Crippen LogP contribution >= 0.6 is 0 Å². The first-order valence-corrected chi connectivity index (χ1v) is 4.71. The summed E-state index contributed by atoms with van der Waals surface area (Å²) in [7, 11) is 0. The van der Waals surface area contributed by atoms with Crippen LogP contribution in [0.25, 0.3) is 0 Å². The number of nitrogens with zero attached hydrogens (tertiary/aromatic N) is 1. The van der Waals surface area contributed by atoms with Crippen molar-refractivity contribution in [3.05, 3.63) is 39.9 Å². The summed E-state index contributed by atoms with van der Waals surface area (Å²) in [5.41, 5.74) is 0.926. The highest BCUT2D eigenvalue weighted by molar-refractivity contribution is 5.34. The van der Waals surface area contributed by atoms with E-state index in [4.69, 9.17) is 5.11 Å². The molecule has 82 valence electrons. The predicted molar refractivity (Wildman–Crippen MR) is 56.5 cm³/mol. The van der Waals surface area contributed by atoms with Gasteiger partial charge in [0.1, 0.15) is 0 Å². The van der Waals surface area contributed by atoms with Crippen molar-refractivity contribution in [2.75, 3.05) is 6.61 Å². The number of nitro groups is 1. The van der Waals surface area contributed by atoms with Gasteiger partial charge in [-0.2, -0.15) is 0 Å². The number of hydrogen-bond donors (Lipinski definition) is 2. The zero-order valence-electron chi connectivity index (χ0n) is 8.51. The molecule has 0 unspecified atom stereocenters. The minimum absolute atomic E-state index is 0.00994. The van der Waals surface area contributed by atoms with E-state index in [-0.39, 0.29) is 18.3 Å². The Kier molecular flexibility index (Phi) is 4.20. The maximum absolute atomic E-state index is 10.5. The summed E-state index contributed by atoms with van der Waals surface area (Å²) in [5, 5.41) is 22.3. The van der Waals surface area contributed by atoms with Crippen LogP contribution in [0.4, 0.5) is 5.69 Å². The van der Waals surface area contributed by atoms with Gasteiger partial charge < -0.3 is 10.4 Å². The van der Waals surface area contributed by atoms with Gasteiger partial charge in [0.05, 0.1) is 11.5 Å². The third-order valence-corrected chi connectivity index (χ3v) is 2.05. The summed E-state index contributed by atoms with van der Waals surface area (Å²) >= 11 is 0. The Bertz CT molecular complexity index is 341. The van der Waals surface area contributed by atoms with Gasteiger partial charge in [0.2, 0.25) is 0 Å². The van der Waals surface area contributed by atoms with Crippen molar-refractivity contribution in [3.63, 3.8) is 0 Å². The van der Waals surface area contributed by atoms with Gasteiger partial charge >= 0.3 is 0 Å². The summed E-state index contributed by atoms with van der Waals surface area (Å²) in [6.07, 6.45) is 0. The van der Waals surface area contributed by atoms with Crippen molar-refractivity contribution >= 4 is 5.69 Å². The number of aliphatic hydroxyl groups excluding tert-OH is 1. The van der Waals surface area contributed by atoms with Gasteiger partial charge in [-0.15, -0.1) is 0 Å². The maximum atomic E-state index is 10.5. The average Bonchev–Trinajstić information content (AvgIpc) is 2.26. The molecule has 0 aliphatic heterocycles. The molecule has 1 atom stereocenters. The molecular weight excluding hydrogens is 196 g/mol. The molecule has 2 N–H and O–H groups in total. The molecule has 1 aromatic rings. The van der Waals surface area contributed by atoms with E-state index in [9.17, 15) is 10.1 Å².